The molecule has 21 heavy (non-hydrogen) atoms. The van der Waals surface area contributed by atoms with Gasteiger partial charge < -0.3 is 14.6 Å². The van der Waals surface area contributed by atoms with Crippen LogP contribution in [0.2, 0.25) is 0 Å². The Hall–Kier alpha value is -2.64. The van der Waals surface area contributed by atoms with Crippen molar-refractivity contribution < 1.29 is 14.5 Å². The van der Waals surface area contributed by atoms with Crippen molar-refractivity contribution >= 4 is 28.6 Å². The molecule has 0 aliphatic rings. The zero-order chi connectivity index (χ0) is 15.4. The largest absolute Gasteiger partial charge is 0.469 e. The van der Waals surface area contributed by atoms with E-state index in [1.54, 1.807) is 6.07 Å². The fourth-order valence-electron chi connectivity index (χ4n) is 1.95. The number of nitrogens with one attached hydrogen (secondary N) is 1. The Kier molecular flexibility index (Phi) is 4.36. The van der Waals surface area contributed by atoms with Crippen LogP contribution in [0.1, 0.15) is 12.8 Å². The molecule has 0 atom stereocenters. The summed E-state index contributed by atoms with van der Waals surface area (Å²) < 4.78 is 4.58. The number of hydrogen-bond acceptors (Lipinski definition) is 6. The standard InChI is InChI=1S/C13H16N4O4/c1-16(7-3-4-12(18)21-2)13-14-10-6-5-9(17(19)20)8-11(10)15-13/h5-6,8H,3-4,7H2,1-2H3,(H,14,15). The Balaban J connectivity index is 2.07. The zero-order valence-corrected chi connectivity index (χ0v) is 11.8. The van der Waals surface area contributed by atoms with Crippen LogP contribution in [-0.2, 0) is 9.53 Å². The second-order valence-electron chi connectivity index (χ2n) is 4.62. The van der Waals surface area contributed by atoms with Gasteiger partial charge in [0, 0.05) is 32.1 Å². The Morgan fingerprint density at radius 2 is 2.29 bits per heavy atom. The van der Waals surface area contributed by atoms with E-state index in [4.69, 9.17) is 0 Å². The van der Waals surface area contributed by atoms with Crippen molar-refractivity contribution in [1.29, 1.82) is 0 Å². The molecule has 1 N–H and O–H groups in total. The third-order valence-electron chi connectivity index (χ3n) is 3.13. The molecule has 8 heteroatoms. The molecule has 1 aromatic carbocycles. The average molecular weight is 292 g/mol. The van der Waals surface area contributed by atoms with Crippen molar-refractivity contribution in [1.82, 2.24) is 9.97 Å². The van der Waals surface area contributed by atoms with Crippen molar-refractivity contribution in [3.8, 4) is 0 Å². The number of fused-ring (bicyclic) bond motifs is 1. The lowest BCUT2D eigenvalue weighted by Gasteiger charge is -2.14. The van der Waals surface area contributed by atoms with Crippen LogP contribution >= 0.6 is 0 Å². The molecular weight excluding hydrogens is 276 g/mol. The highest BCUT2D eigenvalue weighted by atomic mass is 16.6. The fraction of sp³-hybridized carbons (Fsp3) is 0.385. The second kappa shape index (κ2) is 6.21. The third-order valence-corrected chi connectivity index (χ3v) is 3.13. The molecule has 1 heterocycles. The minimum Gasteiger partial charge on any atom is -0.469 e. The number of rotatable bonds is 6. The van der Waals surface area contributed by atoms with Gasteiger partial charge in [-0.1, -0.05) is 0 Å². The Labute approximate surface area is 120 Å². The number of nitrogens with zero attached hydrogens (tertiary/aromatic N) is 3. The summed E-state index contributed by atoms with van der Waals surface area (Å²) >= 11 is 0. The maximum atomic E-state index is 11.0. The maximum absolute atomic E-state index is 11.0. The van der Waals surface area contributed by atoms with Gasteiger partial charge in [0.25, 0.3) is 5.69 Å². The number of aromatic nitrogens is 2. The summed E-state index contributed by atoms with van der Waals surface area (Å²) in [5.41, 5.74) is 1.29. The molecule has 112 valence electrons. The van der Waals surface area contributed by atoms with E-state index in [1.165, 1.54) is 19.2 Å². The van der Waals surface area contributed by atoms with Gasteiger partial charge in [-0.25, -0.2) is 4.98 Å². The van der Waals surface area contributed by atoms with Crippen molar-refractivity contribution in [2.24, 2.45) is 0 Å². The topological polar surface area (TPSA) is 101 Å². The summed E-state index contributed by atoms with van der Waals surface area (Å²) in [7, 11) is 3.20. The van der Waals surface area contributed by atoms with E-state index >= 15 is 0 Å². The number of carbonyl (C=O) groups is 1. The van der Waals surface area contributed by atoms with E-state index in [2.05, 4.69) is 14.7 Å². The highest BCUT2D eigenvalue weighted by Crippen LogP contribution is 2.21. The molecule has 0 aliphatic carbocycles. The lowest BCUT2D eigenvalue weighted by atomic mass is 10.3. The van der Waals surface area contributed by atoms with E-state index in [1.807, 2.05) is 11.9 Å². The van der Waals surface area contributed by atoms with E-state index in [-0.39, 0.29) is 11.7 Å². The molecule has 0 fully saturated rings. The van der Waals surface area contributed by atoms with E-state index in [0.717, 1.165) is 0 Å². The smallest absolute Gasteiger partial charge is 0.305 e. The molecule has 8 nitrogen and oxygen atoms in total. The predicted molar refractivity (Wildman–Crippen MR) is 77.3 cm³/mol. The molecule has 0 unspecified atom stereocenters. The number of anilines is 1. The van der Waals surface area contributed by atoms with Crippen LogP contribution in [0, 0.1) is 10.1 Å². The van der Waals surface area contributed by atoms with Crippen LogP contribution in [0.4, 0.5) is 11.6 Å². The van der Waals surface area contributed by atoms with Gasteiger partial charge in [0.2, 0.25) is 5.95 Å². The third kappa shape index (κ3) is 3.47. The summed E-state index contributed by atoms with van der Waals surface area (Å²) in [6, 6.07) is 4.48. The first kappa shape index (κ1) is 14.8. The lowest BCUT2D eigenvalue weighted by molar-refractivity contribution is -0.384. The van der Waals surface area contributed by atoms with E-state index < -0.39 is 4.92 Å². The van der Waals surface area contributed by atoms with Gasteiger partial charge in [-0.2, -0.15) is 0 Å². The van der Waals surface area contributed by atoms with Gasteiger partial charge in [-0.15, -0.1) is 0 Å². The number of methoxy groups -OCH3 is 1. The number of non-ortho nitro benzene ring substituents is 1. The number of hydrogen-bond donors (Lipinski definition) is 1. The van der Waals surface area contributed by atoms with Crippen molar-refractivity contribution in [2.45, 2.75) is 12.8 Å². The first-order valence-electron chi connectivity index (χ1n) is 6.43. The van der Waals surface area contributed by atoms with Crippen LogP contribution in [0.5, 0.6) is 0 Å². The molecular formula is C13H16N4O4. The molecule has 0 radical (unpaired) electrons. The molecule has 0 spiro atoms. The van der Waals surface area contributed by atoms with Crippen LogP contribution in [0.25, 0.3) is 11.0 Å². The number of aromatic amines is 1. The molecule has 2 rings (SSSR count). The molecule has 2 aromatic rings. The molecule has 0 saturated heterocycles. The van der Waals surface area contributed by atoms with Gasteiger partial charge in [-0.3, -0.25) is 14.9 Å². The highest BCUT2D eigenvalue weighted by Gasteiger charge is 2.12. The fourth-order valence-corrected chi connectivity index (χ4v) is 1.95. The van der Waals surface area contributed by atoms with Crippen LogP contribution in [0.3, 0.4) is 0 Å². The van der Waals surface area contributed by atoms with Gasteiger partial charge in [0.05, 0.1) is 23.1 Å². The van der Waals surface area contributed by atoms with E-state index in [0.29, 0.717) is 36.4 Å². The Bertz CT molecular complexity index is 667. The zero-order valence-electron chi connectivity index (χ0n) is 11.8. The minimum atomic E-state index is -0.444. The predicted octanol–water partition coefficient (Wildman–Crippen LogP) is 1.86. The summed E-state index contributed by atoms with van der Waals surface area (Å²) in [5, 5.41) is 10.7. The Morgan fingerprint density at radius 1 is 1.52 bits per heavy atom. The van der Waals surface area contributed by atoms with Gasteiger partial charge in [0.15, 0.2) is 0 Å². The number of H-pyrrole nitrogens is 1. The number of benzene rings is 1. The molecule has 0 bridgehead atoms. The monoisotopic (exact) mass is 292 g/mol. The summed E-state index contributed by atoms with van der Waals surface area (Å²) in [6.07, 6.45) is 0.979. The lowest BCUT2D eigenvalue weighted by Crippen LogP contribution is -2.20. The number of esters is 1. The number of imidazole rings is 1. The summed E-state index contributed by atoms with van der Waals surface area (Å²) in [4.78, 5) is 30.6. The first-order chi connectivity index (χ1) is 10.0. The van der Waals surface area contributed by atoms with Crippen LogP contribution < -0.4 is 4.90 Å². The van der Waals surface area contributed by atoms with Gasteiger partial charge in [0.1, 0.15) is 0 Å². The minimum absolute atomic E-state index is 0.0195. The maximum Gasteiger partial charge on any atom is 0.305 e. The first-order valence-corrected chi connectivity index (χ1v) is 6.43. The second-order valence-corrected chi connectivity index (χ2v) is 4.62. The number of nitro benzene ring substituents is 1. The Morgan fingerprint density at radius 3 is 2.95 bits per heavy atom. The van der Waals surface area contributed by atoms with Crippen molar-refractivity contribution in [3.63, 3.8) is 0 Å². The number of carbonyl (C=O) groups excluding carboxylic acids is 1. The number of nitro groups is 1. The van der Waals surface area contributed by atoms with Crippen LogP contribution in [0.15, 0.2) is 18.2 Å². The van der Waals surface area contributed by atoms with Gasteiger partial charge >= 0.3 is 5.97 Å². The average Bonchev–Trinajstić information content (AvgIpc) is 2.89. The molecule has 1 aromatic heterocycles. The normalized spacial score (nSPS) is 10.6. The number of ether oxygens (including phenoxy) is 1. The molecule has 0 saturated carbocycles. The molecule has 0 aliphatic heterocycles. The van der Waals surface area contributed by atoms with Crippen molar-refractivity contribution in [2.75, 3.05) is 25.6 Å². The molecule has 0 amide bonds. The SMILES string of the molecule is COC(=O)CCCN(C)c1nc2ccc([N+](=O)[O-])cc2[nH]1. The summed E-state index contributed by atoms with van der Waals surface area (Å²) in [5.74, 6) is 0.360. The van der Waals surface area contributed by atoms with Gasteiger partial charge in [-0.05, 0) is 12.5 Å². The van der Waals surface area contributed by atoms with Crippen LogP contribution in [-0.4, -0.2) is 41.6 Å². The van der Waals surface area contributed by atoms with Crippen molar-refractivity contribution in [3.05, 3.63) is 28.3 Å². The summed E-state index contributed by atoms with van der Waals surface area (Å²) in [6.45, 7) is 0.622. The quantitative estimate of drug-likeness (QED) is 0.495. The highest BCUT2D eigenvalue weighted by molar-refractivity contribution is 5.80. The van der Waals surface area contributed by atoms with E-state index in [9.17, 15) is 14.9 Å².